The molecule has 3 atom stereocenters. The van der Waals surface area contributed by atoms with Crippen LogP contribution in [-0.2, 0) is 0 Å². The molecule has 13 heavy (non-hydrogen) atoms. The van der Waals surface area contributed by atoms with E-state index in [-0.39, 0.29) is 0 Å². The van der Waals surface area contributed by atoms with Gasteiger partial charge in [-0.15, -0.1) is 0 Å². The van der Waals surface area contributed by atoms with E-state index in [4.69, 9.17) is 0 Å². The van der Waals surface area contributed by atoms with Crippen molar-refractivity contribution in [2.75, 3.05) is 0 Å². The van der Waals surface area contributed by atoms with Crippen molar-refractivity contribution in [2.45, 2.75) is 60.3 Å². The van der Waals surface area contributed by atoms with Crippen LogP contribution in [0.3, 0.4) is 0 Å². The maximum absolute atomic E-state index is 2.47. The summed E-state index contributed by atoms with van der Waals surface area (Å²) in [5.41, 5.74) is 0.658. The molecule has 0 amide bonds. The predicted molar refractivity (Wildman–Crippen MR) is 59.7 cm³/mol. The van der Waals surface area contributed by atoms with Gasteiger partial charge in [-0.25, -0.2) is 0 Å². The maximum Gasteiger partial charge on any atom is -0.0326 e. The molecule has 1 rings (SSSR count). The second-order valence-corrected chi connectivity index (χ2v) is 5.79. The number of hydrogen-bond acceptors (Lipinski definition) is 0. The molecule has 0 heterocycles. The van der Waals surface area contributed by atoms with Gasteiger partial charge >= 0.3 is 0 Å². The zero-order valence-corrected chi connectivity index (χ0v) is 10.1. The molecule has 0 aromatic rings. The molecule has 0 spiro atoms. The van der Waals surface area contributed by atoms with Crippen molar-refractivity contribution in [1.29, 1.82) is 0 Å². The monoisotopic (exact) mass is 182 g/mol. The highest BCUT2D eigenvalue weighted by molar-refractivity contribution is 4.85. The standard InChI is InChI=1S/C13H26/c1-6-13(5)8-7-12(10(2)3)11(4)9-13/h10-12H,6-9H2,1-5H3. The zero-order chi connectivity index (χ0) is 10.1. The van der Waals surface area contributed by atoms with Gasteiger partial charge in [-0.05, 0) is 42.4 Å². The zero-order valence-electron chi connectivity index (χ0n) is 10.1. The van der Waals surface area contributed by atoms with E-state index < -0.39 is 0 Å². The van der Waals surface area contributed by atoms with Gasteiger partial charge < -0.3 is 0 Å². The summed E-state index contributed by atoms with van der Waals surface area (Å²) in [7, 11) is 0. The molecule has 0 aromatic heterocycles. The topological polar surface area (TPSA) is 0 Å². The van der Waals surface area contributed by atoms with Crippen molar-refractivity contribution in [3.63, 3.8) is 0 Å². The first-order valence-electron chi connectivity index (χ1n) is 5.98. The summed E-state index contributed by atoms with van der Waals surface area (Å²) in [6.07, 6.45) is 5.73. The van der Waals surface area contributed by atoms with Gasteiger partial charge in [-0.3, -0.25) is 0 Å². The third-order valence-corrected chi connectivity index (χ3v) is 4.34. The van der Waals surface area contributed by atoms with Crippen LogP contribution in [0.25, 0.3) is 0 Å². The molecule has 1 saturated carbocycles. The first-order chi connectivity index (χ1) is 5.98. The van der Waals surface area contributed by atoms with Crippen LogP contribution < -0.4 is 0 Å². The van der Waals surface area contributed by atoms with Gasteiger partial charge in [0.15, 0.2) is 0 Å². The van der Waals surface area contributed by atoms with Crippen LogP contribution in [0.5, 0.6) is 0 Å². The lowest BCUT2D eigenvalue weighted by Gasteiger charge is -2.42. The lowest BCUT2D eigenvalue weighted by atomic mass is 9.63. The molecule has 0 N–H and O–H groups in total. The molecular formula is C13H26. The summed E-state index contributed by atoms with van der Waals surface area (Å²) in [4.78, 5) is 0. The quantitative estimate of drug-likeness (QED) is 0.590. The Hall–Kier alpha value is 0. The van der Waals surface area contributed by atoms with Gasteiger partial charge in [0, 0.05) is 0 Å². The van der Waals surface area contributed by atoms with Crippen LogP contribution in [0.1, 0.15) is 60.3 Å². The Morgan fingerprint density at radius 1 is 1.38 bits per heavy atom. The molecule has 0 aromatic carbocycles. The van der Waals surface area contributed by atoms with Gasteiger partial charge in [-0.2, -0.15) is 0 Å². The van der Waals surface area contributed by atoms with Crippen molar-refractivity contribution < 1.29 is 0 Å². The summed E-state index contributed by atoms with van der Waals surface area (Å²) < 4.78 is 0. The third-order valence-electron chi connectivity index (χ3n) is 4.34. The molecule has 0 heteroatoms. The summed E-state index contributed by atoms with van der Waals surface area (Å²) >= 11 is 0. The fraction of sp³-hybridized carbons (Fsp3) is 1.00. The maximum atomic E-state index is 2.47. The van der Waals surface area contributed by atoms with E-state index in [2.05, 4.69) is 34.6 Å². The molecule has 0 aliphatic heterocycles. The lowest BCUT2D eigenvalue weighted by Crippen LogP contribution is -2.32. The van der Waals surface area contributed by atoms with Gasteiger partial charge in [-0.1, -0.05) is 41.0 Å². The van der Waals surface area contributed by atoms with Crippen LogP contribution in [0.15, 0.2) is 0 Å². The van der Waals surface area contributed by atoms with Crippen LogP contribution in [-0.4, -0.2) is 0 Å². The number of rotatable bonds is 2. The molecule has 1 fully saturated rings. The highest BCUT2D eigenvalue weighted by atomic mass is 14.4. The first-order valence-corrected chi connectivity index (χ1v) is 5.98. The van der Waals surface area contributed by atoms with Crippen molar-refractivity contribution >= 4 is 0 Å². The van der Waals surface area contributed by atoms with Gasteiger partial charge in [0.2, 0.25) is 0 Å². The Labute approximate surface area is 84.1 Å². The second kappa shape index (κ2) is 4.02. The van der Waals surface area contributed by atoms with E-state index in [0.29, 0.717) is 5.41 Å². The van der Waals surface area contributed by atoms with Crippen LogP contribution in [0.4, 0.5) is 0 Å². The molecular weight excluding hydrogens is 156 g/mol. The third kappa shape index (κ3) is 2.48. The minimum atomic E-state index is 0.658. The Bertz CT molecular complexity index is 159. The Morgan fingerprint density at radius 2 is 2.00 bits per heavy atom. The van der Waals surface area contributed by atoms with E-state index in [0.717, 1.165) is 17.8 Å². The van der Waals surface area contributed by atoms with E-state index in [1.807, 2.05) is 0 Å². The Morgan fingerprint density at radius 3 is 2.38 bits per heavy atom. The fourth-order valence-electron chi connectivity index (χ4n) is 3.14. The van der Waals surface area contributed by atoms with Crippen molar-refractivity contribution in [2.24, 2.45) is 23.2 Å². The Balaban J connectivity index is 2.56. The van der Waals surface area contributed by atoms with Gasteiger partial charge in [0.1, 0.15) is 0 Å². The molecule has 0 saturated heterocycles. The molecule has 0 nitrogen and oxygen atoms in total. The molecule has 0 radical (unpaired) electrons. The van der Waals surface area contributed by atoms with E-state index >= 15 is 0 Å². The summed E-state index contributed by atoms with van der Waals surface area (Å²) in [5.74, 6) is 2.81. The smallest absolute Gasteiger partial charge is 0.0326 e. The van der Waals surface area contributed by atoms with Crippen molar-refractivity contribution in [1.82, 2.24) is 0 Å². The van der Waals surface area contributed by atoms with Crippen molar-refractivity contribution in [3.05, 3.63) is 0 Å². The van der Waals surface area contributed by atoms with Crippen molar-refractivity contribution in [3.8, 4) is 0 Å². The van der Waals surface area contributed by atoms with Crippen LogP contribution in [0.2, 0.25) is 0 Å². The van der Waals surface area contributed by atoms with E-state index in [1.165, 1.54) is 25.7 Å². The van der Waals surface area contributed by atoms with Crippen LogP contribution >= 0.6 is 0 Å². The number of hydrogen-bond donors (Lipinski definition) is 0. The summed E-state index contributed by atoms with van der Waals surface area (Å²) in [5, 5.41) is 0. The molecule has 3 unspecified atom stereocenters. The van der Waals surface area contributed by atoms with E-state index in [1.54, 1.807) is 0 Å². The predicted octanol–water partition coefficient (Wildman–Crippen LogP) is 4.49. The lowest BCUT2D eigenvalue weighted by molar-refractivity contribution is 0.0830. The second-order valence-electron chi connectivity index (χ2n) is 5.79. The fourth-order valence-corrected chi connectivity index (χ4v) is 3.14. The summed E-state index contributed by atoms with van der Waals surface area (Å²) in [6.45, 7) is 12.0. The molecule has 1 aliphatic rings. The van der Waals surface area contributed by atoms with Gasteiger partial charge in [0.25, 0.3) is 0 Å². The minimum Gasteiger partial charge on any atom is -0.0649 e. The largest absolute Gasteiger partial charge is 0.0649 e. The van der Waals surface area contributed by atoms with Gasteiger partial charge in [0.05, 0.1) is 0 Å². The minimum absolute atomic E-state index is 0.658. The summed E-state index contributed by atoms with van der Waals surface area (Å²) in [6, 6.07) is 0. The average Bonchev–Trinajstić information content (AvgIpc) is 2.03. The molecule has 78 valence electrons. The highest BCUT2D eigenvalue weighted by Crippen LogP contribution is 2.46. The van der Waals surface area contributed by atoms with Crippen LogP contribution in [0, 0.1) is 23.2 Å². The SMILES string of the molecule is CCC1(C)CCC(C(C)C)C(C)C1. The highest BCUT2D eigenvalue weighted by Gasteiger charge is 2.35. The first kappa shape index (κ1) is 11.1. The molecule has 0 bridgehead atoms. The normalized spacial score (nSPS) is 41.1. The van der Waals surface area contributed by atoms with E-state index in [9.17, 15) is 0 Å². The average molecular weight is 182 g/mol. The molecule has 1 aliphatic carbocycles. The Kier molecular flexibility index (Phi) is 3.43.